The van der Waals surface area contributed by atoms with Gasteiger partial charge in [-0.2, -0.15) is 0 Å². The fraction of sp³-hybridized carbons (Fsp3) is 0.417. The van der Waals surface area contributed by atoms with Crippen molar-refractivity contribution in [2.75, 3.05) is 13.7 Å². The first-order valence-electron chi connectivity index (χ1n) is 5.05. The van der Waals surface area contributed by atoms with Crippen LogP contribution in [-0.2, 0) is 16.0 Å². The van der Waals surface area contributed by atoms with Crippen LogP contribution in [0.4, 0.5) is 4.39 Å². The summed E-state index contributed by atoms with van der Waals surface area (Å²) >= 11 is 0. The number of methoxy groups -OCH3 is 1. The number of hydrogen-bond acceptors (Lipinski definition) is 3. The van der Waals surface area contributed by atoms with Gasteiger partial charge in [-0.05, 0) is 25.0 Å². The monoisotopic (exact) mass is 225 g/mol. The zero-order chi connectivity index (χ0) is 12.2. The Morgan fingerprint density at radius 2 is 2.12 bits per heavy atom. The average Bonchev–Trinajstić information content (AvgIpc) is 2.31. The topological polar surface area (TPSA) is 52.3 Å². The summed E-state index contributed by atoms with van der Waals surface area (Å²) in [6.45, 7) is 1.79. The molecule has 4 heteroatoms. The molecule has 0 fully saturated rings. The van der Waals surface area contributed by atoms with E-state index in [0.717, 1.165) is 0 Å². The first-order valence-corrected chi connectivity index (χ1v) is 5.05. The van der Waals surface area contributed by atoms with E-state index >= 15 is 0 Å². The van der Waals surface area contributed by atoms with Gasteiger partial charge >= 0.3 is 5.97 Å². The van der Waals surface area contributed by atoms with Gasteiger partial charge in [0.25, 0.3) is 0 Å². The lowest BCUT2D eigenvalue weighted by atomic mass is 9.83. The summed E-state index contributed by atoms with van der Waals surface area (Å²) in [6, 6.07) is 6.35. The highest BCUT2D eigenvalue weighted by Crippen LogP contribution is 2.24. The summed E-state index contributed by atoms with van der Waals surface area (Å²) in [5, 5.41) is 0. The summed E-state index contributed by atoms with van der Waals surface area (Å²) in [7, 11) is 1.30. The third kappa shape index (κ3) is 2.58. The van der Waals surface area contributed by atoms with Gasteiger partial charge in [0, 0.05) is 6.54 Å². The number of nitrogens with two attached hydrogens (primary N) is 1. The molecule has 1 unspecified atom stereocenters. The molecule has 1 aromatic rings. The standard InChI is InChI=1S/C12H16FNO2/c1-12(8-14,11(15)16-2)7-9-5-3-4-6-10(9)13/h3-6H,7-8,14H2,1-2H3. The Hall–Kier alpha value is -1.42. The highest BCUT2D eigenvalue weighted by atomic mass is 19.1. The largest absolute Gasteiger partial charge is 0.469 e. The van der Waals surface area contributed by atoms with E-state index in [-0.39, 0.29) is 18.8 Å². The lowest BCUT2D eigenvalue weighted by molar-refractivity contribution is -0.151. The second-order valence-electron chi connectivity index (χ2n) is 4.02. The van der Waals surface area contributed by atoms with Crippen molar-refractivity contribution in [1.29, 1.82) is 0 Å². The summed E-state index contributed by atoms with van der Waals surface area (Å²) in [4.78, 5) is 11.6. The second kappa shape index (κ2) is 5.07. The van der Waals surface area contributed by atoms with E-state index in [1.807, 2.05) is 0 Å². The minimum Gasteiger partial charge on any atom is -0.469 e. The molecule has 2 N–H and O–H groups in total. The van der Waals surface area contributed by atoms with Gasteiger partial charge in [0.05, 0.1) is 12.5 Å². The third-order valence-electron chi connectivity index (χ3n) is 2.67. The first-order chi connectivity index (χ1) is 7.53. The molecular formula is C12H16FNO2. The minimum absolute atomic E-state index is 0.119. The smallest absolute Gasteiger partial charge is 0.313 e. The number of halogens is 1. The van der Waals surface area contributed by atoms with Gasteiger partial charge in [-0.15, -0.1) is 0 Å². The number of carbonyl (C=O) groups excluding carboxylic acids is 1. The molecule has 0 amide bonds. The summed E-state index contributed by atoms with van der Waals surface area (Å²) < 4.78 is 18.1. The van der Waals surface area contributed by atoms with E-state index in [1.165, 1.54) is 13.2 Å². The van der Waals surface area contributed by atoms with Gasteiger partial charge in [-0.1, -0.05) is 18.2 Å². The van der Waals surface area contributed by atoms with E-state index in [0.29, 0.717) is 5.56 Å². The maximum atomic E-state index is 13.4. The van der Waals surface area contributed by atoms with Gasteiger partial charge in [0.2, 0.25) is 0 Å². The van der Waals surface area contributed by atoms with Crippen LogP contribution in [0.1, 0.15) is 12.5 Å². The molecule has 1 aromatic carbocycles. The highest BCUT2D eigenvalue weighted by molar-refractivity contribution is 5.77. The Morgan fingerprint density at radius 1 is 1.50 bits per heavy atom. The van der Waals surface area contributed by atoms with Crippen LogP contribution >= 0.6 is 0 Å². The quantitative estimate of drug-likeness (QED) is 0.790. The molecule has 0 radical (unpaired) electrons. The average molecular weight is 225 g/mol. The minimum atomic E-state index is -0.878. The van der Waals surface area contributed by atoms with Crippen molar-refractivity contribution in [1.82, 2.24) is 0 Å². The van der Waals surface area contributed by atoms with Crippen molar-refractivity contribution >= 4 is 5.97 Å². The van der Waals surface area contributed by atoms with Crippen molar-refractivity contribution in [2.24, 2.45) is 11.1 Å². The van der Waals surface area contributed by atoms with Crippen molar-refractivity contribution in [3.8, 4) is 0 Å². The van der Waals surface area contributed by atoms with Crippen molar-refractivity contribution < 1.29 is 13.9 Å². The Balaban J connectivity index is 2.94. The molecule has 88 valence electrons. The Labute approximate surface area is 94.4 Å². The van der Waals surface area contributed by atoms with Crippen LogP contribution in [-0.4, -0.2) is 19.6 Å². The number of rotatable bonds is 4. The summed E-state index contributed by atoms with van der Waals surface area (Å²) in [5.41, 5.74) is 5.15. The normalized spacial score (nSPS) is 14.2. The molecule has 1 atom stereocenters. The first kappa shape index (κ1) is 12.6. The van der Waals surface area contributed by atoms with Crippen molar-refractivity contribution in [3.05, 3.63) is 35.6 Å². The molecule has 0 aliphatic carbocycles. The Morgan fingerprint density at radius 3 is 2.62 bits per heavy atom. The van der Waals surface area contributed by atoms with Crippen LogP contribution in [0.15, 0.2) is 24.3 Å². The second-order valence-corrected chi connectivity index (χ2v) is 4.02. The van der Waals surface area contributed by atoms with E-state index in [1.54, 1.807) is 25.1 Å². The van der Waals surface area contributed by atoms with E-state index in [4.69, 9.17) is 5.73 Å². The highest BCUT2D eigenvalue weighted by Gasteiger charge is 2.33. The zero-order valence-corrected chi connectivity index (χ0v) is 9.50. The van der Waals surface area contributed by atoms with Crippen LogP contribution < -0.4 is 5.73 Å². The molecule has 0 aromatic heterocycles. The van der Waals surface area contributed by atoms with Crippen LogP contribution in [0, 0.1) is 11.2 Å². The molecule has 0 heterocycles. The maximum absolute atomic E-state index is 13.4. The molecule has 0 saturated heterocycles. The van der Waals surface area contributed by atoms with Crippen LogP contribution in [0.5, 0.6) is 0 Å². The molecular weight excluding hydrogens is 209 g/mol. The fourth-order valence-electron chi connectivity index (χ4n) is 1.54. The number of esters is 1. The van der Waals surface area contributed by atoms with Crippen LogP contribution in [0.25, 0.3) is 0 Å². The zero-order valence-electron chi connectivity index (χ0n) is 9.50. The SMILES string of the molecule is COC(=O)C(C)(CN)Cc1ccccc1F. The van der Waals surface area contributed by atoms with E-state index in [9.17, 15) is 9.18 Å². The predicted molar refractivity (Wildman–Crippen MR) is 59.3 cm³/mol. The van der Waals surface area contributed by atoms with E-state index < -0.39 is 11.4 Å². The molecule has 1 rings (SSSR count). The number of ether oxygens (including phenoxy) is 1. The van der Waals surface area contributed by atoms with Gasteiger partial charge in [0.15, 0.2) is 0 Å². The van der Waals surface area contributed by atoms with Gasteiger partial charge < -0.3 is 10.5 Å². The lowest BCUT2D eigenvalue weighted by Crippen LogP contribution is -2.38. The fourth-order valence-corrected chi connectivity index (χ4v) is 1.54. The lowest BCUT2D eigenvalue weighted by Gasteiger charge is -2.24. The molecule has 0 bridgehead atoms. The number of carbonyl (C=O) groups is 1. The summed E-state index contributed by atoms with van der Waals surface area (Å²) in [6.07, 6.45) is 0.239. The molecule has 0 aliphatic rings. The molecule has 0 saturated carbocycles. The maximum Gasteiger partial charge on any atom is 0.313 e. The van der Waals surface area contributed by atoms with Crippen LogP contribution in [0.3, 0.4) is 0 Å². The third-order valence-corrected chi connectivity index (χ3v) is 2.67. The van der Waals surface area contributed by atoms with Gasteiger partial charge in [-0.25, -0.2) is 4.39 Å². The predicted octanol–water partition coefficient (Wildman–Crippen LogP) is 1.51. The number of hydrogen-bond donors (Lipinski definition) is 1. The molecule has 3 nitrogen and oxygen atoms in total. The van der Waals surface area contributed by atoms with Gasteiger partial charge in [0.1, 0.15) is 5.82 Å². The Bertz CT molecular complexity index is 381. The molecule has 0 spiro atoms. The van der Waals surface area contributed by atoms with Crippen molar-refractivity contribution in [2.45, 2.75) is 13.3 Å². The van der Waals surface area contributed by atoms with Gasteiger partial charge in [-0.3, -0.25) is 4.79 Å². The van der Waals surface area contributed by atoms with Crippen LogP contribution in [0.2, 0.25) is 0 Å². The molecule has 16 heavy (non-hydrogen) atoms. The summed E-state index contributed by atoms with van der Waals surface area (Å²) in [5.74, 6) is -0.746. The Kier molecular flexibility index (Phi) is 4.01. The number of benzene rings is 1. The molecule has 0 aliphatic heterocycles. The van der Waals surface area contributed by atoms with Crippen molar-refractivity contribution in [3.63, 3.8) is 0 Å². The van der Waals surface area contributed by atoms with E-state index in [2.05, 4.69) is 4.74 Å².